The molecule has 0 heterocycles. The van der Waals surface area contributed by atoms with Gasteiger partial charge in [-0.15, -0.1) is 0 Å². The molecule has 3 rings (SSSR count). The van der Waals surface area contributed by atoms with Crippen molar-refractivity contribution in [2.75, 3.05) is 18.0 Å². The van der Waals surface area contributed by atoms with Crippen LogP contribution in [0.2, 0.25) is 5.02 Å². The fraction of sp³-hybridized carbons (Fsp3) is 0.259. The number of anilines is 1. The van der Waals surface area contributed by atoms with Crippen molar-refractivity contribution in [3.63, 3.8) is 0 Å². The van der Waals surface area contributed by atoms with E-state index in [9.17, 15) is 13.2 Å². The van der Waals surface area contributed by atoms with Crippen LogP contribution in [-0.2, 0) is 20.2 Å². The number of sulfonamides is 1. The highest BCUT2D eigenvalue weighted by Crippen LogP contribution is 2.34. The number of benzene rings is 3. The molecule has 0 atom stereocenters. The van der Waals surface area contributed by atoms with Gasteiger partial charge in [-0.2, -0.15) is 5.10 Å². The number of hydrogen-bond donors (Lipinski definition) is 1. The molecule has 36 heavy (non-hydrogen) atoms. The Morgan fingerprint density at radius 3 is 2.25 bits per heavy atom. The lowest BCUT2D eigenvalue weighted by molar-refractivity contribution is -0.119. The lowest BCUT2D eigenvalue weighted by Crippen LogP contribution is -2.40. The SMILES string of the molecule is COc1ccc(Cl)cc1N(CC(=O)N/N=C(/C)CC(C)(C)c1ccccc1)S(=O)(=O)c1ccccc1. The van der Waals surface area contributed by atoms with Crippen LogP contribution in [0.3, 0.4) is 0 Å². The molecule has 0 aromatic heterocycles. The molecule has 190 valence electrons. The molecule has 1 N–H and O–H groups in total. The molecule has 0 unspecified atom stereocenters. The Bertz CT molecular complexity index is 1330. The zero-order valence-electron chi connectivity index (χ0n) is 20.7. The van der Waals surface area contributed by atoms with Crippen molar-refractivity contribution >= 4 is 38.9 Å². The number of methoxy groups -OCH3 is 1. The summed E-state index contributed by atoms with van der Waals surface area (Å²) in [5, 5.41) is 4.54. The Morgan fingerprint density at radius 2 is 1.64 bits per heavy atom. The fourth-order valence-corrected chi connectivity index (χ4v) is 5.48. The van der Waals surface area contributed by atoms with Gasteiger partial charge in [0.2, 0.25) is 0 Å². The van der Waals surface area contributed by atoms with E-state index in [0.29, 0.717) is 17.2 Å². The van der Waals surface area contributed by atoms with Crippen molar-refractivity contribution < 1.29 is 17.9 Å². The predicted octanol–water partition coefficient (Wildman–Crippen LogP) is 5.40. The molecule has 1 amide bonds. The van der Waals surface area contributed by atoms with Gasteiger partial charge in [0, 0.05) is 10.7 Å². The first kappa shape index (κ1) is 27.2. The zero-order valence-corrected chi connectivity index (χ0v) is 22.3. The number of halogens is 1. The Kier molecular flexibility index (Phi) is 8.76. The van der Waals surface area contributed by atoms with Crippen molar-refractivity contribution in [3.8, 4) is 5.75 Å². The van der Waals surface area contributed by atoms with Crippen LogP contribution >= 0.6 is 11.6 Å². The number of carbonyl (C=O) groups excluding carboxylic acids is 1. The van der Waals surface area contributed by atoms with E-state index in [1.165, 1.54) is 25.3 Å². The smallest absolute Gasteiger partial charge is 0.264 e. The quantitative estimate of drug-likeness (QED) is 0.282. The van der Waals surface area contributed by atoms with Crippen molar-refractivity contribution in [1.29, 1.82) is 0 Å². The van der Waals surface area contributed by atoms with Gasteiger partial charge < -0.3 is 4.74 Å². The highest BCUT2D eigenvalue weighted by atomic mass is 35.5. The minimum atomic E-state index is -4.12. The van der Waals surface area contributed by atoms with E-state index in [2.05, 4.69) is 36.5 Å². The summed E-state index contributed by atoms with van der Waals surface area (Å²) >= 11 is 6.17. The van der Waals surface area contributed by atoms with Gasteiger partial charge in [-0.25, -0.2) is 13.8 Å². The van der Waals surface area contributed by atoms with Gasteiger partial charge in [0.15, 0.2) is 0 Å². The second-order valence-electron chi connectivity index (χ2n) is 8.95. The van der Waals surface area contributed by atoms with Crippen LogP contribution in [0.25, 0.3) is 0 Å². The molecule has 0 aliphatic rings. The van der Waals surface area contributed by atoms with E-state index in [0.717, 1.165) is 9.87 Å². The Balaban J connectivity index is 1.85. The topological polar surface area (TPSA) is 88.1 Å². The molecule has 0 radical (unpaired) electrons. The third-order valence-electron chi connectivity index (χ3n) is 5.65. The summed E-state index contributed by atoms with van der Waals surface area (Å²) in [6.07, 6.45) is 0.603. The van der Waals surface area contributed by atoms with E-state index >= 15 is 0 Å². The fourth-order valence-electron chi connectivity index (χ4n) is 3.87. The molecule has 0 fully saturated rings. The Morgan fingerprint density at radius 1 is 1.03 bits per heavy atom. The minimum Gasteiger partial charge on any atom is -0.495 e. The first-order valence-electron chi connectivity index (χ1n) is 11.3. The van der Waals surface area contributed by atoms with Crippen LogP contribution in [0.15, 0.2) is 88.9 Å². The van der Waals surface area contributed by atoms with Crippen LogP contribution in [0.1, 0.15) is 32.8 Å². The molecule has 9 heteroatoms. The molecule has 0 aliphatic carbocycles. The Labute approximate surface area is 217 Å². The van der Waals surface area contributed by atoms with Gasteiger partial charge in [-0.1, -0.05) is 74.0 Å². The molecule has 0 bridgehead atoms. The number of hydrazone groups is 1. The molecule has 0 saturated carbocycles. The van der Waals surface area contributed by atoms with Gasteiger partial charge >= 0.3 is 0 Å². The van der Waals surface area contributed by atoms with Crippen LogP contribution in [0, 0.1) is 0 Å². The highest BCUT2D eigenvalue weighted by molar-refractivity contribution is 7.92. The highest BCUT2D eigenvalue weighted by Gasteiger charge is 2.30. The van der Waals surface area contributed by atoms with Gasteiger partial charge in [0.25, 0.3) is 15.9 Å². The van der Waals surface area contributed by atoms with E-state index in [4.69, 9.17) is 16.3 Å². The van der Waals surface area contributed by atoms with Crippen molar-refractivity contribution in [2.24, 2.45) is 5.10 Å². The number of carbonyl (C=O) groups is 1. The lowest BCUT2D eigenvalue weighted by atomic mass is 9.80. The number of hydrogen-bond acceptors (Lipinski definition) is 5. The maximum absolute atomic E-state index is 13.5. The number of nitrogens with one attached hydrogen (secondary N) is 1. The first-order valence-corrected chi connectivity index (χ1v) is 13.2. The van der Waals surface area contributed by atoms with Crippen LogP contribution < -0.4 is 14.5 Å². The second-order valence-corrected chi connectivity index (χ2v) is 11.2. The molecular weight excluding hydrogens is 498 g/mol. The van der Waals surface area contributed by atoms with Crippen molar-refractivity contribution in [3.05, 3.63) is 89.4 Å². The number of rotatable bonds is 10. The molecule has 0 aliphatic heterocycles. The predicted molar refractivity (Wildman–Crippen MR) is 144 cm³/mol. The van der Waals surface area contributed by atoms with Gasteiger partial charge in [0.1, 0.15) is 12.3 Å². The minimum absolute atomic E-state index is 0.0316. The monoisotopic (exact) mass is 527 g/mol. The lowest BCUT2D eigenvalue weighted by Gasteiger charge is -2.26. The molecule has 7 nitrogen and oxygen atoms in total. The maximum Gasteiger partial charge on any atom is 0.264 e. The van der Waals surface area contributed by atoms with Crippen molar-refractivity contribution in [1.82, 2.24) is 5.43 Å². The van der Waals surface area contributed by atoms with E-state index < -0.39 is 22.5 Å². The van der Waals surface area contributed by atoms with Crippen LogP contribution in [0.5, 0.6) is 5.75 Å². The summed E-state index contributed by atoms with van der Waals surface area (Å²) in [4.78, 5) is 13.0. The number of amides is 1. The molecular formula is C27H30ClN3O4S. The third kappa shape index (κ3) is 6.65. The van der Waals surface area contributed by atoms with E-state index in [1.807, 2.05) is 25.1 Å². The average molecular weight is 528 g/mol. The molecule has 3 aromatic carbocycles. The van der Waals surface area contributed by atoms with E-state index in [-0.39, 0.29) is 21.7 Å². The van der Waals surface area contributed by atoms with Crippen molar-refractivity contribution in [2.45, 2.75) is 37.5 Å². The summed E-state index contributed by atoms with van der Waals surface area (Å²) in [5.74, 6) is -0.343. The molecule has 0 saturated heterocycles. The second kappa shape index (κ2) is 11.6. The van der Waals surface area contributed by atoms with Crippen LogP contribution in [-0.4, -0.2) is 33.7 Å². The van der Waals surface area contributed by atoms with Crippen LogP contribution in [0.4, 0.5) is 5.69 Å². The summed E-state index contributed by atoms with van der Waals surface area (Å²) in [6.45, 7) is 5.50. The van der Waals surface area contributed by atoms with Gasteiger partial charge in [-0.05, 0) is 54.7 Å². The van der Waals surface area contributed by atoms with Gasteiger partial charge in [-0.3, -0.25) is 9.10 Å². The Hall–Kier alpha value is -3.36. The summed E-state index contributed by atoms with van der Waals surface area (Å²) in [6, 6.07) is 22.5. The summed E-state index contributed by atoms with van der Waals surface area (Å²) in [7, 11) is -2.70. The first-order chi connectivity index (χ1) is 17.0. The number of ether oxygens (including phenoxy) is 1. The summed E-state index contributed by atoms with van der Waals surface area (Å²) < 4.78 is 33.4. The zero-order chi connectivity index (χ0) is 26.3. The standard InChI is InChI=1S/C27H30ClN3O4S/c1-20(18-27(2,3)21-11-7-5-8-12-21)29-30-26(32)19-31(24-17-22(28)15-16-25(24)35-4)36(33,34)23-13-9-6-10-14-23/h5-17H,18-19H2,1-4H3,(H,30,32)/b29-20-. The van der Waals surface area contributed by atoms with E-state index in [1.54, 1.807) is 30.3 Å². The third-order valence-corrected chi connectivity index (χ3v) is 7.66. The number of nitrogens with zero attached hydrogens (tertiary/aromatic N) is 2. The largest absolute Gasteiger partial charge is 0.495 e. The maximum atomic E-state index is 13.5. The normalized spacial score (nSPS) is 12.2. The molecule has 0 spiro atoms. The van der Waals surface area contributed by atoms with Gasteiger partial charge in [0.05, 0.1) is 17.7 Å². The summed E-state index contributed by atoms with van der Waals surface area (Å²) in [5.41, 5.74) is 4.31. The average Bonchev–Trinajstić information content (AvgIpc) is 2.86. The molecule has 3 aromatic rings.